The highest BCUT2D eigenvalue weighted by Gasteiger charge is 2.11. The van der Waals surface area contributed by atoms with E-state index in [1.807, 2.05) is 6.92 Å². The van der Waals surface area contributed by atoms with Crippen molar-refractivity contribution in [1.82, 2.24) is 5.32 Å². The van der Waals surface area contributed by atoms with Crippen LogP contribution in [0.3, 0.4) is 0 Å². The molecule has 0 saturated carbocycles. The van der Waals surface area contributed by atoms with Gasteiger partial charge in [0.05, 0.1) is 7.11 Å². The largest absolute Gasteiger partial charge is 0.493 e. The molecule has 0 unspecified atom stereocenters. The van der Waals surface area contributed by atoms with Gasteiger partial charge < -0.3 is 24.8 Å². The number of amides is 2. The van der Waals surface area contributed by atoms with Crippen molar-refractivity contribution in [2.45, 2.75) is 13.8 Å². The molecule has 0 radical (unpaired) electrons. The highest BCUT2D eigenvalue weighted by molar-refractivity contribution is 5.95. The standard InChI is InChI=1S/C21H24N2O6/c1-4-22-20(25)12-28-17-8-6-16(7-9-17)23-21(26)13-29-18-10-5-15(14(2)24)11-19(18)27-3/h5-11H,4,12-13H2,1-3H3,(H,22,25)(H,23,26). The van der Waals surface area contributed by atoms with Crippen molar-refractivity contribution in [3.8, 4) is 17.2 Å². The van der Waals surface area contributed by atoms with Gasteiger partial charge in [-0.1, -0.05) is 0 Å². The fraction of sp³-hybridized carbons (Fsp3) is 0.286. The SMILES string of the molecule is CCNC(=O)COc1ccc(NC(=O)COc2ccc(C(C)=O)cc2OC)cc1. The van der Waals surface area contributed by atoms with E-state index >= 15 is 0 Å². The smallest absolute Gasteiger partial charge is 0.262 e. The quantitative estimate of drug-likeness (QED) is 0.594. The molecule has 2 N–H and O–H groups in total. The Hall–Kier alpha value is -3.55. The molecule has 0 bridgehead atoms. The fourth-order valence-electron chi connectivity index (χ4n) is 2.38. The normalized spacial score (nSPS) is 10.0. The first-order valence-electron chi connectivity index (χ1n) is 9.04. The van der Waals surface area contributed by atoms with E-state index in [1.54, 1.807) is 42.5 Å². The topological polar surface area (TPSA) is 103 Å². The average molecular weight is 400 g/mol. The summed E-state index contributed by atoms with van der Waals surface area (Å²) in [6.07, 6.45) is 0. The average Bonchev–Trinajstić information content (AvgIpc) is 2.71. The van der Waals surface area contributed by atoms with Gasteiger partial charge in [0.15, 0.2) is 30.5 Å². The number of benzene rings is 2. The van der Waals surface area contributed by atoms with E-state index in [4.69, 9.17) is 14.2 Å². The number of rotatable bonds is 10. The summed E-state index contributed by atoms with van der Waals surface area (Å²) in [5.74, 6) is 0.597. The lowest BCUT2D eigenvalue weighted by Crippen LogP contribution is -2.28. The molecule has 0 aliphatic rings. The van der Waals surface area contributed by atoms with Crippen LogP contribution in [0.1, 0.15) is 24.2 Å². The minimum atomic E-state index is -0.362. The van der Waals surface area contributed by atoms with E-state index in [2.05, 4.69) is 10.6 Å². The third-order valence-electron chi connectivity index (χ3n) is 3.81. The lowest BCUT2D eigenvalue weighted by atomic mass is 10.1. The van der Waals surface area contributed by atoms with E-state index in [-0.39, 0.29) is 30.8 Å². The predicted molar refractivity (Wildman–Crippen MR) is 108 cm³/mol. The van der Waals surface area contributed by atoms with Gasteiger partial charge in [-0.3, -0.25) is 14.4 Å². The summed E-state index contributed by atoms with van der Waals surface area (Å²) in [5, 5.41) is 5.33. The molecule has 0 aromatic heterocycles. The number of ether oxygens (including phenoxy) is 3. The molecule has 0 saturated heterocycles. The molecule has 0 atom stereocenters. The monoisotopic (exact) mass is 400 g/mol. The minimum absolute atomic E-state index is 0.0718. The highest BCUT2D eigenvalue weighted by Crippen LogP contribution is 2.28. The van der Waals surface area contributed by atoms with E-state index in [1.165, 1.54) is 14.0 Å². The first-order chi connectivity index (χ1) is 13.9. The second-order valence-electron chi connectivity index (χ2n) is 6.03. The van der Waals surface area contributed by atoms with Gasteiger partial charge in [0, 0.05) is 17.8 Å². The molecule has 0 heterocycles. The fourth-order valence-corrected chi connectivity index (χ4v) is 2.38. The molecule has 29 heavy (non-hydrogen) atoms. The van der Waals surface area contributed by atoms with Crippen molar-refractivity contribution >= 4 is 23.3 Å². The van der Waals surface area contributed by atoms with Crippen LogP contribution in [0.4, 0.5) is 5.69 Å². The molecule has 0 aliphatic heterocycles. The van der Waals surface area contributed by atoms with E-state index in [0.717, 1.165) is 0 Å². The Morgan fingerprint density at radius 1 is 0.897 bits per heavy atom. The van der Waals surface area contributed by atoms with Crippen LogP contribution in [0.2, 0.25) is 0 Å². The second kappa shape index (κ2) is 10.7. The summed E-state index contributed by atoms with van der Waals surface area (Å²) in [6.45, 7) is 3.53. The first-order valence-corrected chi connectivity index (χ1v) is 9.04. The van der Waals surface area contributed by atoms with Gasteiger partial charge in [-0.05, 0) is 56.3 Å². The Labute approximate surface area is 169 Å². The van der Waals surface area contributed by atoms with Crippen LogP contribution in [0.5, 0.6) is 17.2 Å². The Morgan fingerprint density at radius 3 is 2.21 bits per heavy atom. The maximum atomic E-state index is 12.1. The zero-order chi connectivity index (χ0) is 21.2. The van der Waals surface area contributed by atoms with Crippen molar-refractivity contribution < 1.29 is 28.6 Å². The first kappa shape index (κ1) is 21.7. The summed E-state index contributed by atoms with van der Waals surface area (Å²) < 4.78 is 16.0. The predicted octanol–water partition coefficient (Wildman–Crippen LogP) is 2.43. The zero-order valence-electron chi connectivity index (χ0n) is 16.6. The number of carbonyl (C=O) groups excluding carboxylic acids is 3. The van der Waals surface area contributed by atoms with Crippen LogP contribution in [0.15, 0.2) is 42.5 Å². The van der Waals surface area contributed by atoms with Crippen molar-refractivity contribution in [2.24, 2.45) is 0 Å². The molecule has 2 amide bonds. The van der Waals surface area contributed by atoms with Gasteiger partial charge >= 0.3 is 0 Å². The van der Waals surface area contributed by atoms with Crippen LogP contribution >= 0.6 is 0 Å². The number of nitrogens with one attached hydrogen (secondary N) is 2. The van der Waals surface area contributed by atoms with E-state index in [9.17, 15) is 14.4 Å². The second-order valence-corrected chi connectivity index (χ2v) is 6.03. The number of methoxy groups -OCH3 is 1. The summed E-state index contributed by atoms with van der Waals surface area (Å²) in [6, 6.07) is 11.4. The number of hydrogen-bond acceptors (Lipinski definition) is 6. The molecular formula is C21H24N2O6. The van der Waals surface area contributed by atoms with Gasteiger partial charge in [-0.2, -0.15) is 0 Å². The molecule has 0 spiro atoms. The van der Waals surface area contributed by atoms with Gasteiger partial charge in [-0.25, -0.2) is 0 Å². The van der Waals surface area contributed by atoms with Crippen molar-refractivity contribution in [2.75, 3.05) is 32.2 Å². The number of Topliss-reactive ketones (excluding diaryl/α,β-unsaturated/α-hetero) is 1. The van der Waals surface area contributed by atoms with Crippen molar-refractivity contribution in [1.29, 1.82) is 0 Å². The molecule has 2 aromatic rings. The van der Waals surface area contributed by atoms with Crippen LogP contribution in [-0.2, 0) is 9.59 Å². The number of likely N-dealkylation sites (N-methyl/N-ethyl adjacent to an activating group) is 1. The molecule has 154 valence electrons. The molecular weight excluding hydrogens is 376 g/mol. The summed E-state index contributed by atoms with van der Waals surface area (Å²) in [5.41, 5.74) is 1.05. The lowest BCUT2D eigenvalue weighted by Gasteiger charge is -2.12. The van der Waals surface area contributed by atoms with E-state index < -0.39 is 0 Å². The zero-order valence-corrected chi connectivity index (χ0v) is 16.6. The third-order valence-corrected chi connectivity index (χ3v) is 3.81. The van der Waals surface area contributed by atoms with Crippen LogP contribution in [0.25, 0.3) is 0 Å². The summed E-state index contributed by atoms with van der Waals surface area (Å²) in [4.78, 5) is 34.9. The number of ketones is 1. The van der Waals surface area contributed by atoms with E-state index in [0.29, 0.717) is 35.0 Å². The third kappa shape index (κ3) is 6.84. The Kier molecular flexibility index (Phi) is 8.02. The molecule has 8 nitrogen and oxygen atoms in total. The maximum Gasteiger partial charge on any atom is 0.262 e. The highest BCUT2D eigenvalue weighted by atomic mass is 16.5. The Balaban J connectivity index is 1.86. The molecule has 0 fully saturated rings. The molecule has 2 aromatic carbocycles. The van der Waals surface area contributed by atoms with Crippen molar-refractivity contribution in [3.05, 3.63) is 48.0 Å². The maximum absolute atomic E-state index is 12.1. The number of carbonyl (C=O) groups is 3. The summed E-state index contributed by atoms with van der Waals surface area (Å²) >= 11 is 0. The number of hydrogen-bond donors (Lipinski definition) is 2. The molecule has 8 heteroatoms. The summed E-state index contributed by atoms with van der Waals surface area (Å²) in [7, 11) is 1.46. The Bertz CT molecular complexity index is 864. The molecule has 0 aliphatic carbocycles. The van der Waals surface area contributed by atoms with Gasteiger partial charge in [0.2, 0.25) is 0 Å². The Morgan fingerprint density at radius 2 is 1.59 bits per heavy atom. The van der Waals surface area contributed by atoms with Crippen LogP contribution in [0, 0.1) is 0 Å². The van der Waals surface area contributed by atoms with Crippen LogP contribution in [-0.4, -0.2) is 44.5 Å². The van der Waals surface area contributed by atoms with Crippen molar-refractivity contribution in [3.63, 3.8) is 0 Å². The van der Waals surface area contributed by atoms with Gasteiger partial charge in [0.1, 0.15) is 5.75 Å². The van der Waals surface area contributed by atoms with Gasteiger partial charge in [0.25, 0.3) is 11.8 Å². The van der Waals surface area contributed by atoms with Gasteiger partial charge in [-0.15, -0.1) is 0 Å². The lowest BCUT2D eigenvalue weighted by molar-refractivity contribution is -0.123. The number of anilines is 1. The molecule has 2 rings (SSSR count). The van der Waals surface area contributed by atoms with Crippen LogP contribution < -0.4 is 24.8 Å². The minimum Gasteiger partial charge on any atom is -0.493 e.